The maximum absolute atomic E-state index is 9.81. The Morgan fingerprint density at radius 3 is 2.42 bits per heavy atom. The van der Waals surface area contributed by atoms with Crippen LogP contribution in [-0.4, -0.2) is 19.2 Å². The van der Waals surface area contributed by atoms with E-state index in [-0.39, 0.29) is 5.75 Å². The van der Waals surface area contributed by atoms with Crippen molar-refractivity contribution in [2.75, 3.05) is 24.3 Å². The highest BCUT2D eigenvalue weighted by Crippen LogP contribution is 2.27. The molecule has 19 heavy (non-hydrogen) atoms. The number of hydrogen-bond donors (Lipinski definition) is 2. The fraction of sp³-hybridized carbons (Fsp3) is 0.200. The van der Waals surface area contributed by atoms with E-state index in [0.29, 0.717) is 11.6 Å². The molecule has 0 saturated carbocycles. The molecule has 100 valence electrons. The van der Waals surface area contributed by atoms with E-state index >= 15 is 0 Å². The zero-order chi connectivity index (χ0) is 13.8. The summed E-state index contributed by atoms with van der Waals surface area (Å²) in [6.07, 6.45) is 0. The van der Waals surface area contributed by atoms with E-state index in [9.17, 15) is 5.11 Å². The van der Waals surface area contributed by atoms with Gasteiger partial charge in [-0.1, -0.05) is 23.7 Å². The van der Waals surface area contributed by atoms with E-state index in [2.05, 4.69) is 5.32 Å². The molecule has 0 amide bonds. The number of benzene rings is 2. The van der Waals surface area contributed by atoms with Crippen molar-refractivity contribution >= 4 is 23.0 Å². The minimum atomic E-state index is 0.140. The first kappa shape index (κ1) is 13.6. The lowest BCUT2D eigenvalue weighted by molar-refractivity contribution is 0.469. The number of para-hydroxylation sites is 1. The molecule has 2 aromatic carbocycles. The Labute approximate surface area is 118 Å². The van der Waals surface area contributed by atoms with Crippen LogP contribution in [0.2, 0.25) is 5.02 Å². The third-order valence-electron chi connectivity index (χ3n) is 2.94. The molecule has 0 spiro atoms. The van der Waals surface area contributed by atoms with Gasteiger partial charge in [-0.15, -0.1) is 0 Å². The Morgan fingerprint density at radius 2 is 1.79 bits per heavy atom. The second-order valence-corrected chi connectivity index (χ2v) is 4.95. The van der Waals surface area contributed by atoms with Crippen molar-refractivity contribution in [3.05, 3.63) is 53.1 Å². The van der Waals surface area contributed by atoms with Gasteiger partial charge < -0.3 is 15.3 Å². The second-order valence-electron chi connectivity index (χ2n) is 4.54. The van der Waals surface area contributed by atoms with Gasteiger partial charge in [-0.2, -0.15) is 0 Å². The number of halogens is 1. The van der Waals surface area contributed by atoms with Gasteiger partial charge in [0.2, 0.25) is 0 Å². The number of phenolic OH excluding ortho intramolecular Hbond substituents is 1. The van der Waals surface area contributed by atoms with Crippen LogP contribution in [0, 0.1) is 0 Å². The van der Waals surface area contributed by atoms with Gasteiger partial charge in [-0.3, -0.25) is 0 Å². The van der Waals surface area contributed by atoms with Crippen molar-refractivity contribution in [2.24, 2.45) is 0 Å². The Morgan fingerprint density at radius 1 is 1.11 bits per heavy atom. The zero-order valence-electron chi connectivity index (χ0n) is 11.0. The van der Waals surface area contributed by atoms with Gasteiger partial charge in [0.15, 0.2) is 0 Å². The Kier molecular flexibility index (Phi) is 4.17. The van der Waals surface area contributed by atoms with Gasteiger partial charge in [0.05, 0.1) is 5.02 Å². The quantitative estimate of drug-likeness (QED) is 0.893. The second kappa shape index (κ2) is 5.85. The molecule has 0 atom stereocenters. The van der Waals surface area contributed by atoms with Gasteiger partial charge in [-0.05, 0) is 30.3 Å². The monoisotopic (exact) mass is 276 g/mol. The predicted molar refractivity (Wildman–Crippen MR) is 81.2 cm³/mol. The summed E-state index contributed by atoms with van der Waals surface area (Å²) in [4.78, 5) is 2.05. The van der Waals surface area contributed by atoms with Gasteiger partial charge in [-0.25, -0.2) is 0 Å². The number of anilines is 2. The summed E-state index contributed by atoms with van der Waals surface area (Å²) >= 11 is 5.87. The number of aromatic hydroxyl groups is 1. The van der Waals surface area contributed by atoms with Crippen LogP contribution in [0.25, 0.3) is 0 Å². The van der Waals surface area contributed by atoms with Crippen molar-refractivity contribution in [3.63, 3.8) is 0 Å². The maximum Gasteiger partial charge on any atom is 0.139 e. The van der Waals surface area contributed by atoms with E-state index in [1.807, 2.05) is 55.4 Å². The summed E-state index contributed by atoms with van der Waals surface area (Å²) in [5, 5.41) is 13.4. The topological polar surface area (TPSA) is 35.5 Å². The minimum absolute atomic E-state index is 0.140. The predicted octanol–water partition coefficient (Wildman–Crippen LogP) is 3.72. The number of phenols is 1. The molecule has 3 nitrogen and oxygen atoms in total. The first-order chi connectivity index (χ1) is 9.08. The molecule has 0 saturated heterocycles. The lowest BCUT2D eigenvalue weighted by Crippen LogP contribution is -2.08. The molecule has 0 radical (unpaired) electrons. The van der Waals surface area contributed by atoms with Crippen LogP contribution >= 0.6 is 11.6 Å². The van der Waals surface area contributed by atoms with Gasteiger partial charge >= 0.3 is 0 Å². The molecular weight excluding hydrogens is 260 g/mol. The highest BCUT2D eigenvalue weighted by molar-refractivity contribution is 6.32. The molecule has 0 heterocycles. The van der Waals surface area contributed by atoms with Crippen LogP contribution in [0.5, 0.6) is 5.75 Å². The van der Waals surface area contributed by atoms with Crippen molar-refractivity contribution in [1.82, 2.24) is 0 Å². The van der Waals surface area contributed by atoms with Gasteiger partial charge in [0.1, 0.15) is 5.75 Å². The number of nitrogens with zero attached hydrogens (tertiary/aromatic N) is 1. The Hall–Kier alpha value is -1.87. The summed E-state index contributed by atoms with van der Waals surface area (Å²) in [6.45, 7) is 0.535. The summed E-state index contributed by atoms with van der Waals surface area (Å²) in [7, 11) is 4.01. The van der Waals surface area contributed by atoms with E-state index in [0.717, 1.165) is 16.9 Å². The molecule has 0 aliphatic rings. The van der Waals surface area contributed by atoms with Gasteiger partial charge in [0, 0.05) is 37.6 Å². The fourth-order valence-corrected chi connectivity index (χ4v) is 1.97. The van der Waals surface area contributed by atoms with Crippen molar-refractivity contribution < 1.29 is 5.11 Å². The first-order valence-corrected chi connectivity index (χ1v) is 6.43. The molecule has 2 aromatic rings. The lowest BCUT2D eigenvalue weighted by atomic mass is 10.2. The van der Waals surface area contributed by atoms with Crippen LogP contribution in [0.4, 0.5) is 11.4 Å². The zero-order valence-corrected chi connectivity index (χ0v) is 11.8. The SMILES string of the molecule is CN(C)c1ccc(NCc2cccc(Cl)c2O)cc1. The molecule has 2 N–H and O–H groups in total. The molecule has 0 aliphatic carbocycles. The smallest absolute Gasteiger partial charge is 0.139 e. The molecule has 0 unspecified atom stereocenters. The number of rotatable bonds is 4. The van der Waals surface area contributed by atoms with Crippen molar-refractivity contribution in [2.45, 2.75) is 6.54 Å². The maximum atomic E-state index is 9.81. The lowest BCUT2D eigenvalue weighted by Gasteiger charge is -2.13. The summed E-state index contributed by atoms with van der Waals surface area (Å²) < 4.78 is 0. The average molecular weight is 277 g/mol. The highest BCUT2D eigenvalue weighted by Gasteiger charge is 2.04. The molecule has 0 bridgehead atoms. The molecule has 0 aromatic heterocycles. The van der Waals surface area contributed by atoms with Gasteiger partial charge in [0.25, 0.3) is 0 Å². The van der Waals surface area contributed by atoms with E-state index in [1.54, 1.807) is 6.07 Å². The van der Waals surface area contributed by atoms with E-state index < -0.39 is 0 Å². The van der Waals surface area contributed by atoms with Crippen molar-refractivity contribution in [1.29, 1.82) is 0 Å². The van der Waals surface area contributed by atoms with E-state index in [4.69, 9.17) is 11.6 Å². The largest absolute Gasteiger partial charge is 0.506 e. The van der Waals surface area contributed by atoms with Crippen LogP contribution in [-0.2, 0) is 6.54 Å². The first-order valence-electron chi connectivity index (χ1n) is 6.05. The normalized spacial score (nSPS) is 10.3. The summed E-state index contributed by atoms with van der Waals surface area (Å²) in [6, 6.07) is 13.5. The third kappa shape index (κ3) is 3.32. The van der Waals surface area contributed by atoms with Crippen LogP contribution < -0.4 is 10.2 Å². The molecule has 0 aliphatic heterocycles. The summed E-state index contributed by atoms with van der Waals surface area (Å²) in [5.74, 6) is 0.140. The fourth-order valence-electron chi connectivity index (χ4n) is 1.78. The summed E-state index contributed by atoms with van der Waals surface area (Å²) in [5.41, 5.74) is 2.94. The van der Waals surface area contributed by atoms with Crippen molar-refractivity contribution in [3.8, 4) is 5.75 Å². The van der Waals surface area contributed by atoms with Crippen LogP contribution in [0.1, 0.15) is 5.56 Å². The molecular formula is C15H17ClN2O. The number of nitrogens with one attached hydrogen (secondary N) is 1. The highest BCUT2D eigenvalue weighted by atomic mass is 35.5. The Balaban J connectivity index is 2.04. The van der Waals surface area contributed by atoms with Crippen LogP contribution in [0.3, 0.4) is 0 Å². The molecule has 0 fully saturated rings. The van der Waals surface area contributed by atoms with Crippen LogP contribution in [0.15, 0.2) is 42.5 Å². The third-order valence-corrected chi connectivity index (χ3v) is 3.24. The molecule has 4 heteroatoms. The number of hydrogen-bond acceptors (Lipinski definition) is 3. The standard InChI is InChI=1S/C15H17ClN2O/c1-18(2)13-8-6-12(7-9-13)17-10-11-4-3-5-14(16)15(11)19/h3-9,17,19H,10H2,1-2H3. The minimum Gasteiger partial charge on any atom is -0.506 e. The molecule has 2 rings (SSSR count). The van der Waals surface area contributed by atoms with E-state index in [1.165, 1.54) is 0 Å². The Bertz CT molecular complexity index is 553. The average Bonchev–Trinajstić information content (AvgIpc) is 2.41.